The van der Waals surface area contributed by atoms with Gasteiger partial charge in [0.2, 0.25) is 17.5 Å². The Bertz CT molecular complexity index is 1750. The molecule has 1 aromatic heterocycles. The van der Waals surface area contributed by atoms with Crippen LogP contribution in [0, 0.1) is 29.2 Å². The number of hydrogen-bond acceptors (Lipinski definition) is 8. The van der Waals surface area contributed by atoms with Gasteiger partial charge in [-0.25, -0.2) is 8.78 Å². The Balaban J connectivity index is 1.88. The molecule has 3 aromatic rings. The molecular weight excluding hydrogens is 666 g/mol. The van der Waals surface area contributed by atoms with Crippen LogP contribution in [0.25, 0.3) is 10.9 Å². The van der Waals surface area contributed by atoms with Gasteiger partial charge in [0.15, 0.2) is 23.2 Å². The Morgan fingerprint density at radius 3 is 1.92 bits per heavy atom. The molecule has 1 unspecified atom stereocenters. The number of carbonyl (C=O) groups is 5. The predicted molar refractivity (Wildman–Crippen MR) is 173 cm³/mol. The number of nitrogens with one attached hydrogen (secondary N) is 2. The van der Waals surface area contributed by atoms with Gasteiger partial charge in [0, 0.05) is 17.0 Å². The van der Waals surface area contributed by atoms with Crippen LogP contribution >= 0.6 is 0 Å². The maximum absolute atomic E-state index is 14.2. The summed E-state index contributed by atoms with van der Waals surface area (Å²) in [6.45, 7) is 11.4. The van der Waals surface area contributed by atoms with Crippen LogP contribution in [-0.4, -0.2) is 64.0 Å². The third-order valence-corrected chi connectivity index (χ3v) is 6.91. The Morgan fingerprint density at radius 2 is 1.36 bits per heavy atom. The SMILES string of the molecule is CC(C)[C@H](NC(=O)c1cc2ccccc2n1CC(=O)OC(C)(C)C)C(=O)NC(CC(=O)OC(C)(C)C)C(=O)COc1c(F)c(F)cc(F)c1F. The van der Waals surface area contributed by atoms with Gasteiger partial charge < -0.3 is 29.4 Å². The summed E-state index contributed by atoms with van der Waals surface area (Å²) in [5.41, 5.74) is -1.22. The molecule has 3 rings (SSSR count). The van der Waals surface area contributed by atoms with E-state index in [1.807, 2.05) is 0 Å². The van der Waals surface area contributed by atoms with E-state index < -0.39 is 101 Å². The molecule has 1 heterocycles. The summed E-state index contributed by atoms with van der Waals surface area (Å²) in [6, 6.07) is 5.34. The number of Topliss-reactive ketones (excluding diaryl/α,β-unsaturated/α-hetero) is 1. The Kier molecular flexibility index (Phi) is 12.4. The minimum atomic E-state index is -1.89. The first kappa shape index (κ1) is 39.5. The molecule has 272 valence electrons. The van der Waals surface area contributed by atoms with Crippen LogP contribution in [-0.2, 0) is 35.2 Å². The van der Waals surface area contributed by atoms with Crippen LogP contribution in [0.15, 0.2) is 36.4 Å². The number of carbonyl (C=O) groups excluding carboxylic acids is 5. The molecule has 0 radical (unpaired) electrons. The summed E-state index contributed by atoms with van der Waals surface area (Å²) < 4.78 is 72.6. The minimum absolute atomic E-state index is 0.0247. The van der Waals surface area contributed by atoms with Crippen molar-refractivity contribution in [1.29, 1.82) is 0 Å². The normalized spacial score (nSPS) is 13.1. The van der Waals surface area contributed by atoms with Crippen molar-refractivity contribution < 1.29 is 55.7 Å². The van der Waals surface area contributed by atoms with Crippen LogP contribution in [0.2, 0.25) is 0 Å². The summed E-state index contributed by atoms with van der Waals surface area (Å²) in [7, 11) is 0. The van der Waals surface area contributed by atoms with Gasteiger partial charge in [0.05, 0.1) is 6.42 Å². The van der Waals surface area contributed by atoms with Gasteiger partial charge in [-0.2, -0.15) is 8.78 Å². The highest BCUT2D eigenvalue weighted by molar-refractivity contribution is 6.02. The van der Waals surface area contributed by atoms with E-state index in [2.05, 4.69) is 10.6 Å². The molecule has 15 heteroatoms. The summed E-state index contributed by atoms with van der Waals surface area (Å²) in [4.78, 5) is 66.0. The number of halogens is 4. The first-order chi connectivity index (χ1) is 23.1. The van der Waals surface area contributed by atoms with Crippen LogP contribution in [0.4, 0.5) is 17.6 Å². The lowest BCUT2D eigenvalue weighted by Crippen LogP contribution is -2.55. The molecular formula is C35H41F4N3O8. The number of benzene rings is 2. The first-order valence-electron chi connectivity index (χ1n) is 15.7. The average molecular weight is 708 g/mol. The van der Waals surface area contributed by atoms with E-state index in [1.54, 1.807) is 79.7 Å². The minimum Gasteiger partial charge on any atom is -0.479 e. The Labute approximate surface area is 286 Å². The zero-order valence-corrected chi connectivity index (χ0v) is 29.0. The van der Waals surface area contributed by atoms with Crippen LogP contribution in [0.3, 0.4) is 0 Å². The Hall–Kier alpha value is -4.95. The lowest BCUT2D eigenvalue weighted by Gasteiger charge is -2.26. The number of para-hydroxylation sites is 1. The van der Waals surface area contributed by atoms with E-state index in [9.17, 15) is 41.5 Å². The van der Waals surface area contributed by atoms with Gasteiger partial charge in [0.1, 0.15) is 42.1 Å². The molecule has 2 aromatic carbocycles. The highest BCUT2D eigenvalue weighted by atomic mass is 19.2. The Morgan fingerprint density at radius 1 is 0.800 bits per heavy atom. The van der Waals surface area contributed by atoms with Crippen molar-refractivity contribution in [3.05, 3.63) is 65.4 Å². The highest BCUT2D eigenvalue weighted by Gasteiger charge is 2.33. The van der Waals surface area contributed by atoms with Gasteiger partial charge in [-0.15, -0.1) is 0 Å². The van der Waals surface area contributed by atoms with E-state index in [0.29, 0.717) is 10.9 Å². The summed E-state index contributed by atoms with van der Waals surface area (Å²) >= 11 is 0. The van der Waals surface area contributed by atoms with Gasteiger partial charge in [-0.3, -0.25) is 24.0 Å². The molecule has 0 fully saturated rings. The van der Waals surface area contributed by atoms with Crippen molar-refractivity contribution >= 4 is 40.4 Å². The van der Waals surface area contributed by atoms with Gasteiger partial charge >= 0.3 is 11.9 Å². The fourth-order valence-corrected chi connectivity index (χ4v) is 4.80. The van der Waals surface area contributed by atoms with Crippen molar-refractivity contribution in [2.45, 2.75) is 91.6 Å². The number of ether oxygens (including phenoxy) is 3. The quantitative estimate of drug-likeness (QED) is 0.141. The predicted octanol–water partition coefficient (Wildman–Crippen LogP) is 5.16. The zero-order chi connectivity index (χ0) is 37.7. The van der Waals surface area contributed by atoms with Crippen LogP contribution in [0.5, 0.6) is 5.75 Å². The molecule has 11 nitrogen and oxygen atoms in total. The average Bonchev–Trinajstić information content (AvgIpc) is 3.34. The van der Waals surface area contributed by atoms with Gasteiger partial charge in [-0.05, 0) is 59.6 Å². The number of fused-ring (bicyclic) bond motifs is 1. The monoisotopic (exact) mass is 707 g/mol. The fraction of sp³-hybridized carbons (Fsp3) is 0.457. The maximum Gasteiger partial charge on any atom is 0.326 e. The molecule has 0 aliphatic rings. The zero-order valence-electron chi connectivity index (χ0n) is 29.0. The number of esters is 2. The topological polar surface area (TPSA) is 142 Å². The van der Waals surface area contributed by atoms with Gasteiger partial charge in [-0.1, -0.05) is 32.0 Å². The molecule has 0 saturated heterocycles. The van der Waals surface area contributed by atoms with Crippen molar-refractivity contribution in [1.82, 2.24) is 15.2 Å². The molecule has 50 heavy (non-hydrogen) atoms. The lowest BCUT2D eigenvalue weighted by atomic mass is 10.0. The van der Waals surface area contributed by atoms with E-state index in [1.165, 1.54) is 10.6 Å². The third kappa shape index (κ3) is 10.5. The van der Waals surface area contributed by atoms with E-state index >= 15 is 0 Å². The number of hydrogen-bond donors (Lipinski definition) is 2. The fourth-order valence-electron chi connectivity index (χ4n) is 4.80. The number of amides is 2. The second-order valence-electron chi connectivity index (χ2n) is 13.9. The second kappa shape index (κ2) is 15.7. The number of nitrogens with zero attached hydrogens (tertiary/aromatic N) is 1. The van der Waals surface area contributed by atoms with E-state index in [-0.39, 0.29) is 18.3 Å². The first-order valence-corrected chi connectivity index (χ1v) is 15.7. The van der Waals surface area contributed by atoms with Crippen molar-refractivity contribution in [2.24, 2.45) is 5.92 Å². The molecule has 0 aliphatic heterocycles. The maximum atomic E-state index is 14.2. The molecule has 0 aliphatic carbocycles. The molecule has 2 N–H and O–H groups in total. The van der Waals surface area contributed by atoms with E-state index in [4.69, 9.17) is 14.2 Å². The number of ketones is 1. The molecule has 2 atom stereocenters. The number of aromatic nitrogens is 1. The molecule has 0 spiro atoms. The molecule has 0 saturated carbocycles. The summed E-state index contributed by atoms with van der Waals surface area (Å²) in [5.74, 6) is -13.8. The van der Waals surface area contributed by atoms with Crippen LogP contribution < -0.4 is 15.4 Å². The van der Waals surface area contributed by atoms with Crippen molar-refractivity contribution in [3.63, 3.8) is 0 Å². The van der Waals surface area contributed by atoms with Gasteiger partial charge in [0.25, 0.3) is 5.91 Å². The smallest absolute Gasteiger partial charge is 0.326 e. The van der Waals surface area contributed by atoms with Crippen molar-refractivity contribution in [3.8, 4) is 5.75 Å². The third-order valence-electron chi connectivity index (χ3n) is 6.91. The largest absolute Gasteiger partial charge is 0.479 e. The van der Waals surface area contributed by atoms with Crippen LogP contribution in [0.1, 0.15) is 72.3 Å². The molecule has 2 amide bonds. The number of rotatable bonds is 13. The van der Waals surface area contributed by atoms with Crippen molar-refractivity contribution in [2.75, 3.05) is 6.61 Å². The second-order valence-corrected chi connectivity index (χ2v) is 13.9. The molecule has 0 bridgehead atoms. The summed E-state index contributed by atoms with van der Waals surface area (Å²) in [6.07, 6.45) is -0.767. The van der Waals surface area contributed by atoms with E-state index in [0.717, 1.165) is 0 Å². The standard InChI is InChI=1S/C35H41F4N3O8/c1-18(2)30(41-32(46)24-13-19-11-9-10-12-23(19)42(24)16-27(45)50-35(6,7)8)33(47)40-22(15-26(44)49-34(3,4)5)25(43)17-48-31-28(38)20(36)14-21(37)29(31)39/h9-14,18,22,30H,15-17H2,1-8H3,(H,40,47)(H,41,46)/t22?,30-/m0/s1. The highest BCUT2D eigenvalue weighted by Crippen LogP contribution is 2.27. The lowest BCUT2D eigenvalue weighted by molar-refractivity contribution is -0.157. The summed E-state index contributed by atoms with van der Waals surface area (Å²) in [5, 5.41) is 5.60.